The van der Waals surface area contributed by atoms with E-state index in [-0.39, 0.29) is 37.7 Å². The molecule has 0 amide bonds. The fourth-order valence-electron chi connectivity index (χ4n) is 0. The largest absolute Gasteiger partial charge is 2.00 e. The van der Waals surface area contributed by atoms with E-state index in [1.165, 1.54) is 0 Å². The van der Waals surface area contributed by atoms with Crippen molar-refractivity contribution in [2.24, 2.45) is 0 Å². The Kier molecular flexibility index (Phi) is 11.9. The van der Waals surface area contributed by atoms with Gasteiger partial charge in [0, 0.05) is 21.4 Å². The van der Waals surface area contributed by atoms with E-state index in [2.05, 4.69) is 21.4 Å². The molecule has 0 unspecified atom stereocenters. The zero-order valence-corrected chi connectivity index (χ0v) is 10.1. The van der Waals surface area contributed by atoms with Crippen molar-refractivity contribution in [2.45, 2.75) is 0 Å². The van der Waals surface area contributed by atoms with E-state index in [4.69, 9.17) is 25.9 Å². The molecule has 0 aliphatic rings. The van der Waals surface area contributed by atoms with Crippen LogP contribution in [0.15, 0.2) is 0 Å². The van der Waals surface area contributed by atoms with Crippen molar-refractivity contribution in [1.29, 1.82) is 0 Å². The van der Waals surface area contributed by atoms with Crippen molar-refractivity contribution in [2.75, 3.05) is 0 Å². The van der Waals surface area contributed by atoms with Gasteiger partial charge in [-0.15, -0.1) is 0 Å². The molecule has 0 atom stereocenters. The van der Waals surface area contributed by atoms with Crippen LogP contribution in [0.1, 0.15) is 0 Å². The summed E-state index contributed by atoms with van der Waals surface area (Å²) in [6.07, 6.45) is 0. The summed E-state index contributed by atoms with van der Waals surface area (Å²) in [5, 5.41) is 0. The molecule has 0 aliphatic heterocycles. The second-order valence-corrected chi connectivity index (χ2v) is 4.63. The first-order chi connectivity index (χ1) is 4.00. The normalized spacial score (nSPS) is 10.5. The molecule has 0 saturated heterocycles. The summed E-state index contributed by atoms with van der Waals surface area (Å²) >= 11 is 0. The molecular weight excluding hydrogens is 271 g/mol. The van der Waals surface area contributed by atoms with E-state index in [0.717, 1.165) is 0 Å². The Bertz CT molecular complexity index is 215. The average molecular weight is 271 g/mol. The van der Waals surface area contributed by atoms with E-state index < -0.39 is 18.7 Å². The Balaban J connectivity index is -0.000000107. The van der Waals surface area contributed by atoms with Gasteiger partial charge in [0.1, 0.15) is 0 Å². The summed E-state index contributed by atoms with van der Waals surface area (Å²) in [5.74, 6) is 0. The zero-order chi connectivity index (χ0) is 9.00. The fraction of sp³-hybridized carbons (Fsp3) is 0. The Labute approximate surface area is 102 Å². The first kappa shape index (κ1) is 18.4. The summed E-state index contributed by atoms with van der Waals surface area (Å²) in [4.78, 5) is 0. The summed E-state index contributed by atoms with van der Waals surface area (Å²) in [5.41, 5.74) is 0. The third-order valence-electron chi connectivity index (χ3n) is 0. The third kappa shape index (κ3) is 395. The van der Waals surface area contributed by atoms with Gasteiger partial charge >= 0.3 is 37.7 Å². The molecule has 6 nitrogen and oxygen atoms in total. The molecule has 0 N–H and O–H groups in total. The molecular formula is CaCl2O6S2. The van der Waals surface area contributed by atoms with Crippen LogP contribution in [0.4, 0.5) is 0 Å². The minimum absolute atomic E-state index is 0. The van der Waals surface area contributed by atoms with Crippen LogP contribution in [0.3, 0.4) is 0 Å². The van der Waals surface area contributed by atoms with Gasteiger partial charge < -0.3 is 9.11 Å². The van der Waals surface area contributed by atoms with Gasteiger partial charge in [0.2, 0.25) is 0 Å². The third-order valence-corrected chi connectivity index (χ3v) is 0. The monoisotopic (exact) mass is 270 g/mol. The van der Waals surface area contributed by atoms with Crippen LogP contribution in [0.25, 0.3) is 0 Å². The number of hydrogen-bond acceptors (Lipinski definition) is 6. The SMILES string of the molecule is O=S(=O)([O-])Cl.O=S(=O)([O-])Cl.[Ca+2]. The van der Waals surface area contributed by atoms with E-state index in [0.29, 0.717) is 0 Å². The molecule has 0 spiro atoms. The van der Waals surface area contributed by atoms with Crippen LogP contribution in [0.5, 0.6) is 0 Å². The summed E-state index contributed by atoms with van der Waals surface area (Å²) in [6, 6.07) is 0. The number of hydrogen-bond donors (Lipinski definition) is 0. The second-order valence-electron chi connectivity index (χ2n) is 0.786. The van der Waals surface area contributed by atoms with Crippen LogP contribution in [-0.2, 0) is 18.7 Å². The van der Waals surface area contributed by atoms with Crippen molar-refractivity contribution in [3.8, 4) is 0 Å². The molecule has 0 heterocycles. The fourth-order valence-corrected chi connectivity index (χ4v) is 0. The van der Waals surface area contributed by atoms with E-state index in [1.807, 2.05) is 0 Å². The first-order valence-electron chi connectivity index (χ1n) is 1.31. The Hall–Kier alpha value is 1.66. The van der Waals surface area contributed by atoms with Gasteiger partial charge in [-0.3, -0.25) is 0 Å². The van der Waals surface area contributed by atoms with Gasteiger partial charge in [-0.25, -0.2) is 16.8 Å². The van der Waals surface area contributed by atoms with Gasteiger partial charge in [0.05, 0.1) is 0 Å². The molecule has 64 valence electrons. The van der Waals surface area contributed by atoms with Gasteiger partial charge in [-0.1, -0.05) is 0 Å². The molecule has 11 heavy (non-hydrogen) atoms. The van der Waals surface area contributed by atoms with Crippen molar-refractivity contribution >= 4 is 77.8 Å². The van der Waals surface area contributed by atoms with Crippen LogP contribution in [0, 0.1) is 0 Å². The Morgan fingerprint density at radius 3 is 0.818 bits per heavy atom. The molecule has 0 aromatic rings. The maximum atomic E-state index is 8.84. The van der Waals surface area contributed by atoms with Gasteiger partial charge in [-0.2, -0.15) is 0 Å². The van der Waals surface area contributed by atoms with E-state index >= 15 is 0 Å². The second kappa shape index (κ2) is 7.10. The van der Waals surface area contributed by atoms with Crippen LogP contribution in [-0.4, -0.2) is 63.7 Å². The predicted octanol–water partition coefficient (Wildman–Crippen LogP) is -1.01. The van der Waals surface area contributed by atoms with Crippen LogP contribution in [0.2, 0.25) is 0 Å². The average Bonchev–Trinajstić information content (AvgIpc) is 1.12. The molecule has 0 fully saturated rings. The molecule has 0 aliphatic carbocycles. The number of rotatable bonds is 0. The summed E-state index contributed by atoms with van der Waals surface area (Å²) < 4.78 is 53.1. The smallest absolute Gasteiger partial charge is 0.735 e. The van der Waals surface area contributed by atoms with Gasteiger partial charge in [0.15, 0.2) is 18.7 Å². The van der Waals surface area contributed by atoms with Crippen molar-refractivity contribution in [3.05, 3.63) is 0 Å². The van der Waals surface area contributed by atoms with Crippen molar-refractivity contribution in [1.82, 2.24) is 0 Å². The quantitative estimate of drug-likeness (QED) is 0.317. The Morgan fingerprint density at radius 2 is 0.818 bits per heavy atom. The Morgan fingerprint density at radius 1 is 0.818 bits per heavy atom. The summed E-state index contributed by atoms with van der Waals surface area (Å²) in [7, 11) is -0.995. The predicted molar refractivity (Wildman–Crippen MR) is 36.9 cm³/mol. The van der Waals surface area contributed by atoms with Crippen LogP contribution < -0.4 is 0 Å². The minimum Gasteiger partial charge on any atom is -0.735 e. The topological polar surface area (TPSA) is 114 Å². The van der Waals surface area contributed by atoms with Gasteiger partial charge in [0.25, 0.3) is 0 Å². The minimum atomic E-state index is -4.44. The van der Waals surface area contributed by atoms with Crippen molar-refractivity contribution < 1.29 is 25.9 Å². The van der Waals surface area contributed by atoms with Gasteiger partial charge in [-0.05, 0) is 0 Å². The molecule has 0 radical (unpaired) electrons. The molecule has 0 saturated carbocycles. The molecule has 0 rings (SSSR count). The zero-order valence-electron chi connectivity index (χ0n) is 4.73. The van der Waals surface area contributed by atoms with E-state index in [1.54, 1.807) is 0 Å². The van der Waals surface area contributed by atoms with Crippen LogP contribution >= 0.6 is 21.4 Å². The maximum Gasteiger partial charge on any atom is 2.00 e. The number of halogens is 2. The van der Waals surface area contributed by atoms with Crippen molar-refractivity contribution in [3.63, 3.8) is 0 Å². The molecule has 11 heteroatoms. The summed E-state index contributed by atoms with van der Waals surface area (Å²) in [6.45, 7) is 0. The first-order valence-corrected chi connectivity index (χ1v) is 5.78. The maximum absolute atomic E-state index is 8.84. The molecule has 0 aromatic carbocycles. The molecule has 0 bridgehead atoms. The molecule has 0 aromatic heterocycles. The standard InChI is InChI=1S/Ca.2ClHO3S/c;2*1-5(2,3)4/h;2*(H,2,3,4)/q+2;;/p-2. The van der Waals surface area contributed by atoms with E-state index in [9.17, 15) is 0 Å².